The van der Waals surface area contributed by atoms with Crippen molar-refractivity contribution in [1.82, 2.24) is 19.7 Å². The molecule has 3 aromatic rings. The van der Waals surface area contributed by atoms with Crippen molar-refractivity contribution in [3.05, 3.63) is 95.3 Å². The summed E-state index contributed by atoms with van der Waals surface area (Å²) in [6.07, 6.45) is 5.83. The van der Waals surface area contributed by atoms with Crippen LogP contribution in [-0.2, 0) is 35.6 Å². The summed E-state index contributed by atoms with van der Waals surface area (Å²) in [4.78, 5) is 40.4. The van der Waals surface area contributed by atoms with Gasteiger partial charge in [-0.3, -0.25) is 24.4 Å². The van der Waals surface area contributed by atoms with Crippen molar-refractivity contribution in [3.8, 4) is 0 Å². The van der Waals surface area contributed by atoms with Gasteiger partial charge in [0.2, 0.25) is 11.8 Å². The second-order valence-electron chi connectivity index (χ2n) is 11.5. The molecule has 4 heterocycles. The molecule has 2 aromatic carbocycles. The number of hydrogen-bond donors (Lipinski definition) is 0. The van der Waals surface area contributed by atoms with E-state index in [1.807, 2.05) is 41.4 Å². The monoisotopic (exact) mass is 537 g/mol. The first-order chi connectivity index (χ1) is 19.5. The van der Waals surface area contributed by atoms with Gasteiger partial charge in [0.15, 0.2) is 0 Å². The molecule has 0 unspecified atom stereocenters. The summed E-state index contributed by atoms with van der Waals surface area (Å²) < 4.78 is 0. The van der Waals surface area contributed by atoms with Gasteiger partial charge in [-0.2, -0.15) is 0 Å². The van der Waals surface area contributed by atoms with Crippen molar-refractivity contribution in [1.29, 1.82) is 0 Å². The maximum absolute atomic E-state index is 14.1. The zero-order valence-corrected chi connectivity index (χ0v) is 23.4. The summed E-state index contributed by atoms with van der Waals surface area (Å²) in [5.74, 6) is 0.200. The van der Waals surface area contributed by atoms with E-state index in [0.717, 1.165) is 62.3 Å². The Morgan fingerprint density at radius 1 is 0.825 bits per heavy atom. The maximum Gasteiger partial charge on any atom is 0.237 e. The smallest absolute Gasteiger partial charge is 0.237 e. The zero-order valence-electron chi connectivity index (χ0n) is 23.4. The normalized spacial score (nSPS) is 21.8. The first-order valence-corrected chi connectivity index (χ1v) is 14.6. The summed E-state index contributed by atoms with van der Waals surface area (Å²) >= 11 is 0. The minimum absolute atomic E-state index is 0.0439. The second kappa shape index (κ2) is 11.9. The molecule has 3 aliphatic heterocycles. The number of pyridine rings is 1. The molecule has 208 valence electrons. The Labute approximate surface area is 237 Å². The largest absolute Gasteiger partial charge is 0.336 e. The van der Waals surface area contributed by atoms with E-state index < -0.39 is 0 Å². The van der Waals surface area contributed by atoms with Gasteiger partial charge in [-0.15, -0.1) is 0 Å². The van der Waals surface area contributed by atoms with Crippen LogP contribution in [0, 0.1) is 0 Å². The molecule has 7 nitrogen and oxygen atoms in total. The minimum atomic E-state index is 0.0439. The molecule has 7 heteroatoms. The summed E-state index contributed by atoms with van der Waals surface area (Å²) in [5, 5.41) is 0. The van der Waals surface area contributed by atoms with Gasteiger partial charge < -0.3 is 9.80 Å². The third kappa shape index (κ3) is 5.81. The predicted molar refractivity (Wildman–Crippen MR) is 157 cm³/mol. The van der Waals surface area contributed by atoms with Crippen molar-refractivity contribution >= 4 is 17.5 Å². The molecule has 0 spiro atoms. The fourth-order valence-electron chi connectivity index (χ4n) is 6.79. The Morgan fingerprint density at radius 3 is 2.38 bits per heavy atom. The molecule has 0 aliphatic carbocycles. The molecule has 2 amide bonds. The predicted octanol–water partition coefficient (Wildman–Crippen LogP) is 4.26. The summed E-state index contributed by atoms with van der Waals surface area (Å²) in [6.45, 7) is 6.37. The number of aromatic nitrogens is 1. The fourth-order valence-corrected chi connectivity index (χ4v) is 6.79. The van der Waals surface area contributed by atoms with Gasteiger partial charge >= 0.3 is 0 Å². The third-order valence-corrected chi connectivity index (χ3v) is 8.90. The number of anilines is 1. The number of nitrogens with zero attached hydrogens (tertiary/aromatic N) is 5. The highest BCUT2D eigenvalue weighted by molar-refractivity contribution is 5.92. The van der Waals surface area contributed by atoms with Crippen LogP contribution in [0.5, 0.6) is 0 Å². The van der Waals surface area contributed by atoms with Crippen LogP contribution in [0.25, 0.3) is 0 Å². The van der Waals surface area contributed by atoms with E-state index in [-0.39, 0.29) is 17.9 Å². The highest BCUT2D eigenvalue weighted by Crippen LogP contribution is 2.32. The van der Waals surface area contributed by atoms with Gasteiger partial charge in [-0.05, 0) is 60.6 Å². The minimum Gasteiger partial charge on any atom is -0.336 e. The quantitative estimate of drug-likeness (QED) is 0.498. The standard InChI is InChI=1S/C33H39N5O2/c1-25(39)37-19-16-30-13-14-31(38(30)22-29-11-6-7-17-34-29)23-36(21-28-10-4-5-12-32(28)37)33(40)24-35-18-15-26-8-2-3-9-27(26)20-35/h2-12,17,30-31H,13-16,18-24H2,1H3/t30-,31+/m0/s1. The van der Waals surface area contributed by atoms with Crippen molar-refractivity contribution in [2.45, 2.75) is 64.3 Å². The molecular formula is C33H39N5O2. The first-order valence-electron chi connectivity index (χ1n) is 14.6. The zero-order chi connectivity index (χ0) is 27.5. The van der Waals surface area contributed by atoms with Crippen LogP contribution < -0.4 is 4.90 Å². The lowest BCUT2D eigenvalue weighted by atomic mass is 10.00. The lowest BCUT2D eigenvalue weighted by Crippen LogP contribution is -2.48. The molecule has 1 fully saturated rings. The molecular weight excluding hydrogens is 498 g/mol. The van der Waals surface area contributed by atoms with Crippen LogP contribution in [-0.4, -0.2) is 69.8 Å². The van der Waals surface area contributed by atoms with Crippen molar-refractivity contribution in [2.24, 2.45) is 0 Å². The highest BCUT2D eigenvalue weighted by Gasteiger charge is 2.37. The van der Waals surface area contributed by atoms with Crippen LogP contribution >= 0.6 is 0 Å². The van der Waals surface area contributed by atoms with Crippen molar-refractivity contribution in [2.75, 3.05) is 31.1 Å². The molecule has 0 saturated carbocycles. The number of hydrogen-bond acceptors (Lipinski definition) is 5. The fraction of sp³-hybridized carbons (Fsp3) is 0.424. The van der Waals surface area contributed by atoms with Crippen molar-refractivity contribution < 1.29 is 9.59 Å². The molecule has 2 bridgehead atoms. The van der Waals surface area contributed by atoms with Gasteiger partial charge in [0.05, 0.1) is 12.2 Å². The highest BCUT2D eigenvalue weighted by atomic mass is 16.2. The molecule has 1 aromatic heterocycles. The van der Waals surface area contributed by atoms with Gasteiger partial charge in [0, 0.05) is 70.2 Å². The SMILES string of the molecule is CC(=O)N1CC[C@@H]2CC[C@H](CN(C(=O)CN3CCc4ccccc4C3)Cc3ccccc31)N2Cc1ccccn1. The molecule has 40 heavy (non-hydrogen) atoms. The average Bonchev–Trinajstić information content (AvgIpc) is 3.33. The second-order valence-corrected chi connectivity index (χ2v) is 11.5. The Hall–Kier alpha value is -3.55. The van der Waals surface area contributed by atoms with Crippen LogP contribution in [0.4, 0.5) is 5.69 Å². The van der Waals surface area contributed by atoms with E-state index in [1.165, 1.54) is 11.1 Å². The summed E-state index contributed by atoms with van der Waals surface area (Å²) in [6, 6.07) is 23.3. The Balaban J connectivity index is 1.29. The van der Waals surface area contributed by atoms with Gasteiger partial charge in [0.1, 0.15) is 0 Å². The van der Waals surface area contributed by atoms with E-state index in [9.17, 15) is 9.59 Å². The van der Waals surface area contributed by atoms with Crippen LogP contribution in [0.3, 0.4) is 0 Å². The number of para-hydroxylation sites is 1. The van der Waals surface area contributed by atoms with Crippen molar-refractivity contribution in [3.63, 3.8) is 0 Å². The number of fused-ring (bicyclic) bond motifs is 4. The molecule has 2 atom stereocenters. The number of rotatable bonds is 4. The van der Waals surface area contributed by atoms with Crippen LogP contribution in [0.15, 0.2) is 72.9 Å². The number of carbonyl (C=O) groups is 2. The van der Waals surface area contributed by atoms with E-state index in [4.69, 9.17) is 0 Å². The maximum atomic E-state index is 14.1. The number of benzene rings is 2. The van der Waals surface area contributed by atoms with E-state index in [1.54, 1.807) is 6.92 Å². The van der Waals surface area contributed by atoms with Gasteiger partial charge in [-0.25, -0.2) is 0 Å². The number of carbonyl (C=O) groups excluding carboxylic acids is 2. The molecule has 3 aliphatic rings. The molecule has 0 radical (unpaired) electrons. The van der Waals surface area contributed by atoms with E-state index in [0.29, 0.717) is 32.2 Å². The summed E-state index contributed by atoms with van der Waals surface area (Å²) in [7, 11) is 0. The third-order valence-electron chi connectivity index (χ3n) is 8.90. The summed E-state index contributed by atoms with van der Waals surface area (Å²) in [5.41, 5.74) is 5.71. The average molecular weight is 538 g/mol. The molecule has 0 N–H and O–H groups in total. The lowest BCUT2D eigenvalue weighted by Gasteiger charge is -2.35. The first kappa shape index (κ1) is 26.7. The van der Waals surface area contributed by atoms with Crippen LogP contribution in [0.1, 0.15) is 48.6 Å². The van der Waals surface area contributed by atoms with E-state index in [2.05, 4.69) is 56.1 Å². The molecule has 6 rings (SSSR count). The Bertz CT molecular complexity index is 1350. The lowest BCUT2D eigenvalue weighted by molar-refractivity contribution is -0.134. The molecule has 1 saturated heterocycles. The van der Waals surface area contributed by atoms with Crippen LogP contribution in [0.2, 0.25) is 0 Å². The van der Waals surface area contributed by atoms with Gasteiger partial charge in [0.25, 0.3) is 0 Å². The van der Waals surface area contributed by atoms with Gasteiger partial charge in [-0.1, -0.05) is 48.5 Å². The Morgan fingerprint density at radius 2 is 1.57 bits per heavy atom. The Kier molecular flexibility index (Phi) is 7.93. The number of amides is 2. The topological polar surface area (TPSA) is 60.0 Å². The van der Waals surface area contributed by atoms with E-state index >= 15 is 0 Å².